The molecule has 0 aliphatic heterocycles. The molecule has 6 heteroatoms. The van der Waals surface area contributed by atoms with E-state index in [0.29, 0.717) is 11.3 Å². The zero-order valence-corrected chi connectivity index (χ0v) is 12.5. The number of nitrogens with two attached hydrogens (primary N) is 1. The lowest BCUT2D eigenvalue weighted by molar-refractivity contribution is 0.266. The van der Waals surface area contributed by atoms with Gasteiger partial charge in [0, 0.05) is 11.3 Å². The van der Waals surface area contributed by atoms with Crippen molar-refractivity contribution >= 4 is 11.8 Å². The molecular formula is C13H23N5S. The Morgan fingerprint density at radius 1 is 1.26 bits per heavy atom. The summed E-state index contributed by atoms with van der Waals surface area (Å²) >= 11 is 1.80. The second-order valence-corrected chi connectivity index (χ2v) is 7.48. The van der Waals surface area contributed by atoms with Crippen LogP contribution in [0.2, 0.25) is 0 Å². The monoisotopic (exact) mass is 281 g/mol. The molecule has 2 fully saturated rings. The lowest BCUT2D eigenvalue weighted by Gasteiger charge is -2.35. The molecule has 0 amide bonds. The molecule has 1 heterocycles. The van der Waals surface area contributed by atoms with Crippen LogP contribution in [0.5, 0.6) is 0 Å². The van der Waals surface area contributed by atoms with Gasteiger partial charge in [0.25, 0.3) is 0 Å². The third-order valence-corrected chi connectivity index (χ3v) is 5.76. The van der Waals surface area contributed by atoms with Crippen molar-refractivity contribution in [3.8, 4) is 0 Å². The highest BCUT2D eigenvalue weighted by atomic mass is 32.2. The van der Waals surface area contributed by atoms with Crippen molar-refractivity contribution in [3.63, 3.8) is 0 Å². The van der Waals surface area contributed by atoms with E-state index >= 15 is 0 Å². The number of aromatic nitrogens is 4. The average molecular weight is 281 g/mol. The Bertz CT molecular complexity index is 428. The standard InChI is InChI=1S/C13H23N5S/c1-8(2)9-3-6-11(14)12(7-9)19-13-15-16-17-18(13)10-4-5-10/h8-12H,3-7,14H2,1-2H3. The first kappa shape index (κ1) is 13.4. The minimum Gasteiger partial charge on any atom is -0.327 e. The highest BCUT2D eigenvalue weighted by Crippen LogP contribution is 2.41. The number of thioether (sulfide) groups is 1. The van der Waals surface area contributed by atoms with Gasteiger partial charge in [-0.1, -0.05) is 25.6 Å². The van der Waals surface area contributed by atoms with E-state index < -0.39 is 0 Å². The molecule has 0 spiro atoms. The quantitative estimate of drug-likeness (QED) is 0.916. The third-order valence-electron chi connectivity index (χ3n) is 4.44. The van der Waals surface area contributed by atoms with E-state index in [1.807, 2.05) is 4.68 Å². The zero-order valence-electron chi connectivity index (χ0n) is 11.7. The van der Waals surface area contributed by atoms with E-state index in [-0.39, 0.29) is 6.04 Å². The van der Waals surface area contributed by atoms with E-state index in [1.54, 1.807) is 11.8 Å². The molecule has 0 aromatic carbocycles. The molecule has 1 aromatic heterocycles. The molecule has 19 heavy (non-hydrogen) atoms. The Morgan fingerprint density at radius 2 is 2.05 bits per heavy atom. The summed E-state index contributed by atoms with van der Waals surface area (Å²) in [5.41, 5.74) is 6.30. The summed E-state index contributed by atoms with van der Waals surface area (Å²) in [5, 5.41) is 13.6. The van der Waals surface area contributed by atoms with Gasteiger partial charge in [0.1, 0.15) is 0 Å². The molecule has 1 aromatic rings. The minimum absolute atomic E-state index is 0.282. The summed E-state index contributed by atoms with van der Waals surface area (Å²) in [7, 11) is 0. The molecule has 5 nitrogen and oxygen atoms in total. The fraction of sp³-hybridized carbons (Fsp3) is 0.923. The summed E-state index contributed by atoms with van der Waals surface area (Å²) in [6.07, 6.45) is 6.02. The van der Waals surface area contributed by atoms with Gasteiger partial charge in [-0.15, -0.1) is 5.10 Å². The Kier molecular flexibility index (Phi) is 3.80. The molecular weight excluding hydrogens is 258 g/mol. The van der Waals surface area contributed by atoms with Crippen LogP contribution in [-0.4, -0.2) is 31.5 Å². The van der Waals surface area contributed by atoms with Crippen LogP contribution in [0.1, 0.15) is 52.0 Å². The van der Waals surface area contributed by atoms with Gasteiger partial charge in [-0.2, -0.15) is 0 Å². The van der Waals surface area contributed by atoms with Gasteiger partial charge >= 0.3 is 0 Å². The topological polar surface area (TPSA) is 69.6 Å². The number of hydrogen-bond acceptors (Lipinski definition) is 5. The SMILES string of the molecule is CC(C)C1CCC(N)C(Sc2nnnn2C2CC2)C1. The highest BCUT2D eigenvalue weighted by Gasteiger charge is 2.34. The van der Waals surface area contributed by atoms with Crippen molar-refractivity contribution in [2.24, 2.45) is 17.6 Å². The molecule has 2 aliphatic carbocycles. The average Bonchev–Trinajstić information content (AvgIpc) is 3.12. The number of hydrogen-bond donors (Lipinski definition) is 1. The summed E-state index contributed by atoms with van der Waals surface area (Å²) in [4.78, 5) is 0. The van der Waals surface area contributed by atoms with Crippen molar-refractivity contribution in [2.45, 2.75) is 68.4 Å². The fourth-order valence-corrected chi connectivity index (χ4v) is 4.17. The first-order valence-electron chi connectivity index (χ1n) is 7.35. The van der Waals surface area contributed by atoms with Crippen LogP contribution in [0.25, 0.3) is 0 Å². The van der Waals surface area contributed by atoms with E-state index in [9.17, 15) is 0 Å². The molecule has 3 rings (SSSR count). The Morgan fingerprint density at radius 3 is 2.74 bits per heavy atom. The maximum Gasteiger partial charge on any atom is 0.209 e. The van der Waals surface area contributed by atoms with Crippen molar-refractivity contribution < 1.29 is 0 Å². The van der Waals surface area contributed by atoms with Crippen LogP contribution >= 0.6 is 11.8 Å². The number of nitrogens with zero attached hydrogens (tertiary/aromatic N) is 4. The van der Waals surface area contributed by atoms with Crippen LogP contribution in [0.4, 0.5) is 0 Å². The molecule has 0 bridgehead atoms. The van der Waals surface area contributed by atoms with Crippen LogP contribution in [0.15, 0.2) is 5.16 Å². The molecule has 2 aliphatic rings. The predicted molar refractivity (Wildman–Crippen MR) is 75.9 cm³/mol. The van der Waals surface area contributed by atoms with E-state index in [0.717, 1.165) is 23.4 Å². The first-order chi connectivity index (χ1) is 9.15. The van der Waals surface area contributed by atoms with Gasteiger partial charge in [-0.05, 0) is 54.4 Å². The zero-order chi connectivity index (χ0) is 13.4. The van der Waals surface area contributed by atoms with Gasteiger partial charge in [-0.3, -0.25) is 0 Å². The summed E-state index contributed by atoms with van der Waals surface area (Å²) in [6.45, 7) is 4.63. The van der Waals surface area contributed by atoms with Crippen molar-refractivity contribution in [3.05, 3.63) is 0 Å². The molecule has 0 saturated heterocycles. The van der Waals surface area contributed by atoms with E-state index in [4.69, 9.17) is 5.73 Å². The second-order valence-electron chi connectivity index (χ2n) is 6.27. The molecule has 3 atom stereocenters. The minimum atomic E-state index is 0.282. The first-order valence-corrected chi connectivity index (χ1v) is 8.23. The second kappa shape index (κ2) is 5.40. The summed E-state index contributed by atoms with van der Waals surface area (Å²) in [6, 6.07) is 0.822. The normalized spacial score (nSPS) is 31.9. The van der Waals surface area contributed by atoms with E-state index in [1.165, 1.54) is 25.7 Å². The summed E-state index contributed by atoms with van der Waals surface area (Å²) in [5.74, 6) is 1.54. The molecule has 2 saturated carbocycles. The molecule has 2 N–H and O–H groups in total. The number of rotatable bonds is 4. The van der Waals surface area contributed by atoms with Gasteiger partial charge in [0.2, 0.25) is 5.16 Å². The fourth-order valence-electron chi connectivity index (χ4n) is 2.87. The largest absolute Gasteiger partial charge is 0.327 e. The predicted octanol–water partition coefficient (Wildman–Crippen LogP) is 2.25. The van der Waals surface area contributed by atoms with Gasteiger partial charge < -0.3 is 5.73 Å². The highest BCUT2D eigenvalue weighted by molar-refractivity contribution is 7.99. The van der Waals surface area contributed by atoms with Gasteiger partial charge in [0.15, 0.2) is 0 Å². The van der Waals surface area contributed by atoms with Crippen LogP contribution in [0, 0.1) is 11.8 Å². The van der Waals surface area contributed by atoms with Crippen molar-refractivity contribution in [1.29, 1.82) is 0 Å². The molecule has 106 valence electrons. The molecule has 3 unspecified atom stereocenters. The molecule has 0 radical (unpaired) electrons. The van der Waals surface area contributed by atoms with Crippen molar-refractivity contribution in [1.82, 2.24) is 20.2 Å². The maximum absolute atomic E-state index is 6.30. The third kappa shape index (κ3) is 2.94. The van der Waals surface area contributed by atoms with Crippen LogP contribution in [-0.2, 0) is 0 Å². The van der Waals surface area contributed by atoms with Gasteiger partial charge in [0.05, 0.1) is 6.04 Å². The Labute approximate surface area is 118 Å². The van der Waals surface area contributed by atoms with Crippen molar-refractivity contribution in [2.75, 3.05) is 0 Å². The lowest BCUT2D eigenvalue weighted by Crippen LogP contribution is -2.39. The Balaban J connectivity index is 1.68. The lowest BCUT2D eigenvalue weighted by atomic mass is 9.79. The Hall–Kier alpha value is -0.620. The maximum atomic E-state index is 6.30. The number of tetrazole rings is 1. The smallest absolute Gasteiger partial charge is 0.209 e. The van der Waals surface area contributed by atoms with Gasteiger partial charge in [-0.25, -0.2) is 4.68 Å². The van der Waals surface area contributed by atoms with Crippen LogP contribution < -0.4 is 5.73 Å². The van der Waals surface area contributed by atoms with Crippen LogP contribution in [0.3, 0.4) is 0 Å². The van der Waals surface area contributed by atoms with E-state index in [2.05, 4.69) is 29.4 Å². The summed E-state index contributed by atoms with van der Waals surface area (Å²) < 4.78 is 2.00.